The van der Waals surface area contributed by atoms with Gasteiger partial charge in [-0.25, -0.2) is 4.98 Å². The van der Waals surface area contributed by atoms with Crippen molar-refractivity contribution in [1.29, 1.82) is 0 Å². The summed E-state index contributed by atoms with van der Waals surface area (Å²) in [5.41, 5.74) is 0.614. The van der Waals surface area contributed by atoms with Crippen LogP contribution in [0.4, 0.5) is 0 Å². The van der Waals surface area contributed by atoms with E-state index in [1.165, 1.54) is 16.9 Å². The van der Waals surface area contributed by atoms with Crippen molar-refractivity contribution in [2.75, 3.05) is 0 Å². The summed E-state index contributed by atoms with van der Waals surface area (Å²) in [5.74, 6) is -0.855. The maximum absolute atomic E-state index is 11.3. The number of rotatable bonds is 4. The molecule has 1 N–H and O–H groups in total. The Kier molecular flexibility index (Phi) is 3.69. The molecule has 2 rings (SSSR count). The second-order valence-corrected chi connectivity index (χ2v) is 6.82. The number of aliphatic carboxylic acids is 1. The Balaban J connectivity index is 2.41. The number of hydrogen-bond donors (Lipinski definition) is 1. The average molecular weight is 289 g/mol. The molecule has 0 aliphatic heterocycles. The summed E-state index contributed by atoms with van der Waals surface area (Å²) in [6, 6.07) is 10.1. The predicted molar refractivity (Wildman–Crippen MR) is 81.3 cm³/mol. The number of thiazole rings is 1. The lowest BCUT2D eigenvalue weighted by atomic mass is 9.85. The molecule has 0 saturated carbocycles. The molecule has 20 heavy (non-hydrogen) atoms. The van der Waals surface area contributed by atoms with Crippen LogP contribution in [0.15, 0.2) is 35.7 Å². The largest absolute Gasteiger partial charge is 0.481 e. The third kappa shape index (κ3) is 2.48. The van der Waals surface area contributed by atoms with Crippen LogP contribution in [0.3, 0.4) is 0 Å². The smallest absolute Gasteiger partial charge is 0.315 e. The Morgan fingerprint density at radius 3 is 2.30 bits per heavy atom. The number of carboxylic acid groups (broad SMARTS) is 1. The maximum Gasteiger partial charge on any atom is 0.315 e. The van der Waals surface area contributed by atoms with Gasteiger partial charge in [0.1, 0.15) is 10.4 Å². The van der Waals surface area contributed by atoms with Crippen molar-refractivity contribution >= 4 is 17.3 Å². The molecule has 2 aromatic rings. The second-order valence-electron chi connectivity index (χ2n) is 5.96. The SMILES string of the molecule is CC(C)(C(=O)O)c1csc(C(C)(C)c2ccccc2)n1. The van der Waals surface area contributed by atoms with E-state index in [9.17, 15) is 9.90 Å². The van der Waals surface area contributed by atoms with Crippen LogP contribution in [-0.4, -0.2) is 16.1 Å². The molecule has 0 atom stereocenters. The first-order valence-corrected chi connectivity index (χ1v) is 7.39. The molecule has 0 fully saturated rings. The number of hydrogen-bond acceptors (Lipinski definition) is 3. The molecule has 1 aromatic carbocycles. The minimum atomic E-state index is -0.957. The van der Waals surface area contributed by atoms with Gasteiger partial charge in [-0.1, -0.05) is 30.3 Å². The third-order valence-corrected chi connectivity index (χ3v) is 4.88. The van der Waals surface area contributed by atoms with E-state index in [4.69, 9.17) is 0 Å². The topological polar surface area (TPSA) is 50.2 Å². The fourth-order valence-corrected chi connectivity index (χ4v) is 3.07. The van der Waals surface area contributed by atoms with Crippen LogP contribution in [0, 0.1) is 0 Å². The molecule has 0 unspecified atom stereocenters. The van der Waals surface area contributed by atoms with Gasteiger partial charge in [-0.3, -0.25) is 4.79 Å². The van der Waals surface area contributed by atoms with E-state index >= 15 is 0 Å². The first-order chi connectivity index (χ1) is 9.26. The number of benzene rings is 1. The van der Waals surface area contributed by atoms with Crippen molar-refractivity contribution in [3.8, 4) is 0 Å². The minimum Gasteiger partial charge on any atom is -0.481 e. The molecule has 1 heterocycles. The lowest BCUT2D eigenvalue weighted by molar-refractivity contribution is -0.142. The quantitative estimate of drug-likeness (QED) is 0.930. The van der Waals surface area contributed by atoms with Gasteiger partial charge >= 0.3 is 5.97 Å². The summed E-state index contributed by atoms with van der Waals surface area (Å²) >= 11 is 1.52. The standard InChI is InChI=1S/C16H19NO2S/c1-15(2,11-8-6-5-7-9-11)13-17-12(10-20-13)16(3,4)14(18)19/h5-10H,1-4H3,(H,18,19). The highest BCUT2D eigenvalue weighted by Gasteiger charge is 2.34. The molecule has 0 aliphatic rings. The zero-order chi connectivity index (χ0) is 15.0. The van der Waals surface area contributed by atoms with Crippen molar-refractivity contribution in [1.82, 2.24) is 4.98 Å². The van der Waals surface area contributed by atoms with Crippen molar-refractivity contribution in [3.63, 3.8) is 0 Å². The number of nitrogens with zero attached hydrogens (tertiary/aromatic N) is 1. The minimum absolute atomic E-state index is 0.223. The van der Waals surface area contributed by atoms with Gasteiger partial charge in [0.05, 0.1) is 5.69 Å². The van der Waals surface area contributed by atoms with Gasteiger partial charge in [0.25, 0.3) is 0 Å². The molecule has 0 aliphatic carbocycles. The van der Waals surface area contributed by atoms with Gasteiger partial charge in [0, 0.05) is 10.8 Å². The fraction of sp³-hybridized carbons (Fsp3) is 0.375. The Morgan fingerprint density at radius 1 is 1.15 bits per heavy atom. The molecule has 0 radical (unpaired) electrons. The van der Waals surface area contributed by atoms with Crippen LogP contribution >= 0.6 is 11.3 Å². The van der Waals surface area contributed by atoms with E-state index in [1.54, 1.807) is 13.8 Å². The molecule has 0 saturated heterocycles. The van der Waals surface area contributed by atoms with Crippen LogP contribution in [0.2, 0.25) is 0 Å². The van der Waals surface area contributed by atoms with Gasteiger partial charge in [-0.05, 0) is 33.3 Å². The normalized spacial score (nSPS) is 12.4. The second kappa shape index (κ2) is 5.02. The number of aromatic nitrogens is 1. The van der Waals surface area contributed by atoms with E-state index in [0.29, 0.717) is 5.69 Å². The van der Waals surface area contributed by atoms with Gasteiger partial charge in [-0.2, -0.15) is 0 Å². The summed E-state index contributed by atoms with van der Waals surface area (Å²) in [6.45, 7) is 7.59. The van der Waals surface area contributed by atoms with E-state index in [1.807, 2.05) is 23.6 Å². The molecule has 0 spiro atoms. The first kappa shape index (κ1) is 14.7. The summed E-state index contributed by atoms with van der Waals surface area (Å²) in [7, 11) is 0. The fourth-order valence-electron chi connectivity index (χ4n) is 1.94. The highest BCUT2D eigenvalue weighted by Crippen LogP contribution is 2.35. The summed E-state index contributed by atoms with van der Waals surface area (Å²) in [6.07, 6.45) is 0. The van der Waals surface area contributed by atoms with Crippen LogP contribution in [0.5, 0.6) is 0 Å². The predicted octanol–water partition coefficient (Wildman–Crippen LogP) is 3.83. The lowest BCUT2D eigenvalue weighted by Gasteiger charge is -2.23. The average Bonchev–Trinajstić information content (AvgIpc) is 2.90. The van der Waals surface area contributed by atoms with Gasteiger partial charge < -0.3 is 5.11 Å². The van der Waals surface area contributed by atoms with Crippen LogP contribution < -0.4 is 0 Å². The Labute approximate surface area is 123 Å². The maximum atomic E-state index is 11.3. The number of carbonyl (C=O) groups is 1. The molecule has 0 bridgehead atoms. The van der Waals surface area contributed by atoms with E-state index in [2.05, 4.69) is 31.0 Å². The first-order valence-electron chi connectivity index (χ1n) is 6.51. The van der Waals surface area contributed by atoms with Crippen molar-refractivity contribution < 1.29 is 9.90 Å². The molecule has 4 heteroatoms. The highest BCUT2D eigenvalue weighted by molar-refractivity contribution is 7.09. The number of carboxylic acids is 1. The lowest BCUT2D eigenvalue weighted by Crippen LogP contribution is -2.29. The zero-order valence-electron chi connectivity index (χ0n) is 12.2. The molecular formula is C16H19NO2S. The highest BCUT2D eigenvalue weighted by atomic mass is 32.1. The monoisotopic (exact) mass is 289 g/mol. The van der Waals surface area contributed by atoms with E-state index in [0.717, 1.165) is 5.01 Å². The Hall–Kier alpha value is -1.68. The molecule has 3 nitrogen and oxygen atoms in total. The van der Waals surface area contributed by atoms with E-state index < -0.39 is 11.4 Å². The molecule has 0 amide bonds. The Morgan fingerprint density at radius 2 is 1.75 bits per heavy atom. The van der Waals surface area contributed by atoms with Gasteiger partial charge in [-0.15, -0.1) is 11.3 Å². The van der Waals surface area contributed by atoms with Gasteiger partial charge in [0.2, 0.25) is 0 Å². The van der Waals surface area contributed by atoms with Crippen molar-refractivity contribution in [2.24, 2.45) is 0 Å². The van der Waals surface area contributed by atoms with Crippen LogP contribution in [0.25, 0.3) is 0 Å². The summed E-state index contributed by atoms with van der Waals surface area (Å²) in [4.78, 5) is 15.9. The molecule has 1 aromatic heterocycles. The third-order valence-electron chi connectivity index (χ3n) is 3.71. The summed E-state index contributed by atoms with van der Waals surface area (Å²) in [5, 5.41) is 12.1. The van der Waals surface area contributed by atoms with E-state index in [-0.39, 0.29) is 5.41 Å². The van der Waals surface area contributed by atoms with Crippen molar-refractivity contribution in [3.05, 3.63) is 52.0 Å². The molecular weight excluding hydrogens is 270 g/mol. The van der Waals surface area contributed by atoms with Crippen LogP contribution in [0.1, 0.15) is 44.0 Å². The molecule has 106 valence electrons. The van der Waals surface area contributed by atoms with Gasteiger partial charge in [0.15, 0.2) is 0 Å². The van der Waals surface area contributed by atoms with Crippen molar-refractivity contribution in [2.45, 2.75) is 38.5 Å². The zero-order valence-corrected chi connectivity index (χ0v) is 13.0. The summed E-state index contributed by atoms with van der Waals surface area (Å²) < 4.78 is 0. The Bertz CT molecular complexity index is 614. The van der Waals surface area contributed by atoms with Crippen LogP contribution in [-0.2, 0) is 15.6 Å².